The molecule has 1 aromatic carbocycles. The molecule has 4 aliphatic rings. The van der Waals surface area contributed by atoms with Crippen LogP contribution in [0.5, 0.6) is 0 Å². The minimum atomic E-state index is -3.58. The van der Waals surface area contributed by atoms with Crippen LogP contribution in [0.1, 0.15) is 51.0 Å². The molecule has 5 heteroatoms. The lowest BCUT2D eigenvalue weighted by molar-refractivity contribution is -0.0127. The zero-order valence-electron chi connectivity index (χ0n) is 14.5. The summed E-state index contributed by atoms with van der Waals surface area (Å²) in [5, 5.41) is 4.36. The molecule has 4 saturated carbocycles. The Morgan fingerprint density at radius 2 is 1.54 bits per heavy atom. The van der Waals surface area contributed by atoms with Crippen LogP contribution in [-0.2, 0) is 10.0 Å². The number of aryl methyl sites for hydroxylation is 1. The van der Waals surface area contributed by atoms with E-state index in [0.717, 1.165) is 29.0 Å². The number of rotatable bonds is 4. The molecule has 1 aromatic rings. The Morgan fingerprint density at radius 1 is 1.04 bits per heavy atom. The lowest BCUT2D eigenvalue weighted by Gasteiger charge is -2.56. The maximum Gasteiger partial charge on any atom is 0.276 e. The molecule has 4 nitrogen and oxygen atoms in total. The summed E-state index contributed by atoms with van der Waals surface area (Å²) < 4.78 is 24.9. The fourth-order valence-electron chi connectivity index (χ4n) is 5.57. The highest BCUT2D eigenvalue weighted by atomic mass is 32.2. The van der Waals surface area contributed by atoms with Crippen LogP contribution in [0.25, 0.3) is 0 Å². The van der Waals surface area contributed by atoms with Crippen molar-refractivity contribution in [3.8, 4) is 0 Å². The largest absolute Gasteiger partial charge is 0.276 e. The molecule has 24 heavy (non-hydrogen) atoms. The number of sulfonamides is 1. The first-order valence-electron chi connectivity index (χ1n) is 9.00. The van der Waals surface area contributed by atoms with Crippen molar-refractivity contribution in [1.29, 1.82) is 0 Å². The van der Waals surface area contributed by atoms with Crippen LogP contribution in [0.2, 0.25) is 0 Å². The van der Waals surface area contributed by atoms with Crippen molar-refractivity contribution < 1.29 is 8.42 Å². The molecule has 0 spiro atoms. The van der Waals surface area contributed by atoms with Crippen molar-refractivity contribution in [1.82, 2.24) is 4.83 Å². The SMILES string of the molecule is CC(=NNS(=O)(=O)c1ccc(C)cc1)C12CC3CC(CC(C3)C1)C2. The maximum atomic E-state index is 12.5. The van der Waals surface area contributed by atoms with Gasteiger partial charge in [0.05, 0.1) is 4.90 Å². The lowest BCUT2D eigenvalue weighted by Crippen LogP contribution is -2.49. The van der Waals surface area contributed by atoms with Gasteiger partial charge in [0, 0.05) is 11.1 Å². The topological polar surface area (TPSA) is 58.5 Å². The van der Waals surface area contributed by atoms with Crippen molar-refractivity contribution in [3.63, 3.8) is 0 Å². The van der Waals surface area contributed by atoms with E-state index < -0.39 is 10.0 Å². The van der Waals surface area contributed by atoms with Crippen LogP contribution < -0.4 is 4.83 Å². The molecule has 0 radical (unpaired) electrons. The second kappa shape index (κ2) is 5.58. The number of hydrogen-bond donors (Lipinski definition) is 1. The average molecular weight is 346 g/mol. The standard InChI is InChI=1S/C19H26N2O2S/c1-13-3-5-18(6-4-13)24(22,23)21-20-14(2)19-10-15-7-16(11-19)9-17(8-15)12-19/h3-6,15-17,21H,7-12H2,1-2H3. The summed E-state index contributed by atoms with van der Waals surface area (Å²) in [6.07, 6.45) is 7.71. The number of benzene rings is 1. The van der Waals surface area contributed by atoms with Crippen molar-refractivity contribution in [3.05, 3.63) is 29.8 Å². The summed E-state index contributed by atoms with van der Waals surface area (Å²) in [7, 11) is -3.58. The Labute approximate surface area is 144 Å². The van der Waals surface area contributed by atoms with Gasteiger partial charge in [0.25, 0.3) is 10.0 Å². The summed E-state index contributed by atoms with van der Waals surface area (Å²) in [6.45, 7) is 3.96. The Hall–Kier alpha value is -1.36. The number of hydrogen-bond acceptors (Lipinski definition) is 3. The molecule has 0 atom stereocenters. The van der Waals surface area contributed by atoms with Gasteiger partial charge in [-0.2, -0.15) is 13.5 Å². The quantitative estimate of drug-likeness (QED) is 0.665. The third kappa shape index (κ3) is 2.77. The number of hydrazone groups is 1. The van der Waals surface area contributed by atoms with E-state index in [9.17, 15) is 8.42 Å². The molecule has 4 aliphatic carbocycles. The smallest absolute Gasteiger partial charge is 0.200 e. The van der Waals surface area contributed by atoms with Crippen LogP contribution in [0.15, 0.2) is 34.3 Å². The van der Waals surface area contributed by atoms with Gasteiger partial charge in [-0.15, -0.1) is 0 Å². The second-order valence-corrected chi connectivity index (χ2v) is 9.96. The Balaban J connectivity index is 1.54. The minimum Gasteiger partial charge on any atom is -0.200 e. The molecule has 0 amide bonds. The summed E-state index contributed by atoms with van der Waals surface area (Å²) >= 11 is 0. The van der Waals surface area contributed by atoms with Gasteiger partial charge in [0.2, 0.25) is 0 Å². The summed E-state index contributed by atoms with van der Waals surface area (Å²) in [5.41, 5.74) is 2.17. The van der Waals surface area contributed by atoms with Crippen LogP contribution in [0.3, 0.4) is 0 Å². The van der Waals surface area contributed by atoms with Crippen molar-refractivity contribution >= 4 is 15.7 Å². The van der Waals surface area contributed by atoms with Crippen molar-refractivity contribution in [2.45, 2.75) is 57.3 Å². The highest BCUT2D eigenvalue weighted by Gasteiger charge is 2.52. The molecule has 4 bridgehead atoms. The van der Waals surface area contributed by atoms with Crippen LogP contribution >= 0.6 is 0 Å². The van der Waals surface area contributed by atoms with Gasteiger partial charge >= 0.3 is 0 Å². The molecular formula is C19H26N2O2S. The molecule has 0 unspecified atom stereocenters. The first kappa shape index (κ1) is 16.1. The van der Waals surface area contributed by atoms with Crippen molar-refractivity contribution in [2.75, 3.05) is 0 Å². The second-order valence-electron chi connectivity index (χ2n) is 8.30. The van der Waals surface area contributed by atoms with E-state index in [1.807, 2.05) is 26.0 Å². The molecular weight excluding hydrogens is 320 g/mol. The lowest BCUT2D eigenvalue weighted by atomic mass is 9.48. The van der Waals surface area contributed by atoms with E-state index in [1.54, 1.807) is 12.1 Å². The molecule has 0 heterocycles. The number of nitrogens with one attached hydrogen (secondary N) is 1. The molecule has 0 saturated heterocycles. The predicted octanol–water partition coefficient (Wildman–Crippen LogP) is 3.87. The Morgan fingerprint density at radius 3 is 2.04 bits per heavy atom. The summed E-state index contributed by atoms with van der Waals surface area (Å²) in [5.74, 6) is 2.49. The molecule has 130 valence electrons. The first-order chi connectivity index (χ1) is 11.4. The molecule has 5 rings (SSSR count). The van der Waals surface area contributed by atoms with Crippen molar-refractivity contribution in [2.24, 2.45) is 28.3 Å². The van der Waals surface area contributed by atoms with E-state index in [2.05, 4.69) is 9.93 Å². The van der Waals surface area contributed by atoms with Crippen LogP contribution in [-0.4, -0.2) is 14.1 Å². The zero-order chi connectivity index (χ0) is 16.9. The Bertz CT molecular complexity index is 730. The zero-order valence-corrected chi connectivity index (χ0v) is 15.3. The fourth-order valence-corrected chi connectivity index (χ4v) is 6.43. The molecule has 4 fully saturated rings. The van der Waals surface area contributed by atoms with Gasteiger partial charge in [0.1, 0.15) is 0 Å². The average Bonchev–Trinajstić information content (AvgIpc) is 2.52. The highest BCUT2D eigenvalue weighted by molar-refractivity contribution is 7.89. The Kier molecular flexibility index (Phi) is 3.75. The van der Waals surface area contributed by atoms with E-state index in [1.165, 1.54) is 38.5 Å². The first-order valence-corrected chi connectivity index (χ1v) is 10.5. The van der Waals surface area contributed by atoms with Gasteiger partial charge in [-0.1, -0.05) is 17.7 Å². The molecule has 0 aromatic heterocycles. The van der Waals surface area contributed by atoms with Gasteiger partial charge in [-0.25, -0.2) is 4.83 Å². The van der Waals surface area contributed by atoms with Crippen LogP contribution in [0, 0.1) is 30.1 Å². The monoisotopic (exact) mass is 346 g/mol. The van der Waals surface area contributed by atoms with E-state index in [0.29, 0.717) is 0 Å². The number of nitrogens with zero attached hydrogens (tertiary/aromatic N) is 1. The summed E-state index contributed by atoms with van der Waals surface area (Å²) in [4.78, 5) is 2.75. The van der Waals surface area contributed by atoms with Gasteiger partial charge in [-0.05, 0) is 82.3 Å². The van der Waals surface area contributed by atoms with E-state index in [-0.39, 0.29) is 10.3 Å². The fraction of sp³-hybridized carbons (Fsp3) is 0.632. The van der Waals surface area contributed by atoms with Gasteiger partial charge in [-0.3, -0.25) is 0 Å². The maximum absolute atomic E-state index is 12.5. The predicted molar refractivity (Wildman–Crippen MR) is 95.2 cm³/mol. The van der Waals surface area contributed by atoms with Crippen LogP contribution in [0.4, 0.5) is 0 Å². The third-order valence-corrected chi connectivity index (χ3v) is 7.69. The molecule has 0 aliphatic heterocycles. The van der Waals surface area contributed by atoms with E-state index >= 15 is 0 Å². The molecule has 1 N–H and O–H groups in total. The minimum absolute atomic E-state index is 0.143. The normalized spacial score (nSPS) is 35.2. The third-order valence-electron chi connectivity index (χ3n) is 6.47. The highest BCUT2D eigenvalue weighted by Crippen LogP contribution is 2.60. The van der Waals surface area contributed by atoms with E-state index in [4.69, 9.17) is 0 Å². The van der Waals surface area contributed by atoms with Gasteiger partial charge < -0.3 is 0 Å². The summed E-state index contributed by atoms with van der Waals surface area (Å²) in [6, 6.07) is 6.88. The van der Waals surface area contributed by atoms with Gasteiger partial charge in [0.15, 0.2) is 0 Å².